The first-order valence-corrected chi connectivity index (χ1v) is 9.04. The largest absolute Gasteiger partial charge is 0.463 e. The van der Waals surface area contributed by atoms with Crippen molar-refractivity contribution in [1.82, 2.24) is 5.32 Å². The average Bonchev–Trinajstić information content (AvgIpc) is 2.54. The van der Waals surface area contributed by atoms with E-state index in [9.17, 15) is 19.2 Å². The van der Waals surface area contributed by atoms with Crippen LogP contribution in [0, 0.1) is 0 Å². The fourth-order valence-corrected chi connectivity index (χ4v) is 2.65. The first kappa shape index (κ1) is 24.7. The molecule has 0 radical (unpaired) electrons. The number of ether oxygens (including phenoxy) is 5. The zero-order chi connectivity index (χ0) is 21.6. The first-order chi connectivity index (χ1) is 12.9. The molecule has 160 valence electrons. The van der Waals surface area contributed by atoms with Crippen LogP contribution in [0.15, 0.2) is 0 Å². The van der Waals surface area contributed by atoms with Gasteiger partial charge in [0.05, 0.1) is 0 Å². The Bertz CT molecular complexity index is 610. The van der Waals surface area contributed by atoms with Gasteiger partial charge >= 0.3 is 17.9 Å². The summed E-state index contributed by atoms with van der Waals surface area (Å²) in [5.41, 5.74) is 0. The van der Waals surface area contributed by atoms with Gasteiger partial charge in [0.25, 0.3) is 9.70 Å². The Labute approximate surface area is 176 Å². The molecule has 1 aliphatic heterocycles. The van der Waals surface area contributed by atoms with Gasteiger partial charge in [-0.2, -0.15) is 0 Å². The van der Waals surface area contributed by atoms with E-state index in [-0.39, 0.29) is 6.61 Å². The second kappa shape index (κ2) is 10.4. The van der Waals surface area contributed by atoms with Crippen molar-refractivity contribution in [2.24, 2.45) is 0 Å². The molecule has 10 nitrogen and oxygen atoms in total. The van der Waals surface area contributed by atoms with Crippen LogP contribution in [0.25, 0.3) is 0 Å². The van der Waals surface area contributed by atoms with Gasteiger partial charge < -0.3 is 29.0 Å². The summed E-state index contributed by atoms with van der Waals surface area (Å²) < 4.78 is 23.8. The van der Waals surface area contributed by atoms with Crippen LogP contribution >= 0.6 is 34.8 Å². The second-order valence-electron chi connectivity index (χ2n) is 5.73. The van der Waals surface area contributed by atoms with E-state index in [1.54, 1.807) is 0 Å². The van der Waals surface area contributed by atoms with Crippen molar-refractivity contribution in [2.75, 3.05) is 13.7 Å². The van der Waals surface area contributed by atoms with Crippen LogP contribution in [0.4, 0.5) is 0 Å². The molecule has 1 N–H and O–H groups in total. The molecule has 0 aliphatic carbocycles. The van der Waals surface area contributed by atoms with Crippen molar-refractivity contribution in [3.05, 3.63) is 0 Å². The standard InChI is InChI=1S/C15H20Cl3NO9/c1-6(20)25-5-9-11(26-7(2)21)12(27-8(3)22)10(13(24-4)28-9)19-14(23)15(16,17)18/h9-13H,5H2,1-4H3,(H,19,23)/t9-,10-,11+,12-,13-/m1/s1. The minimum absolute atomic E-state index is 0.337. The first-order valence-electron chi connectivity index (χ1n) is 7.90. The zero-order valence-electron chi connectivity index (χ0n) is 15.4. The van der Waals surface area contributed by atoms with E-state index in [4.69, 9.17) is 58.5 Å². The van der Waals surface area contributed by atoms with Gasteiger partial charge in [0, 0.05) is 27.9 Å². The molecule has 0 aromatic rings. The summed E-state index contributed by atoms with van der Waals surface area (Å²) in [6.45, 7) is 3.06. The lowest BCUT2D eigenvalue weighted by atomic mass is 9.96. The summed E-state index contributed by atoms with van der Waals surface area (Å²) in [6, 6.07) is -1.21. The minimum atomic E-state index is -2.33. The molecule has 0 aromatic heterocycles. The number of methoxy groups -OCH3 is 1. The van der Waals surface area contributed by atoms with Crippen molar-refractivity contribution < 1.29 is 42.9 Å². The predicted molar refractivity (Wildman–Crippen MR) is 95.6 cm³/mol. The van der Waals surface area contributed by atoms with Gasteiger partial charge in [0.15, 0.2) is 18.5 Å². The Morgan fingerprint density at radius 3 is 1.93 bits per heavy atom. The average molecular weight is 465 g/mol. The van der Waals surface area contributed by atoms with Gasteiger partial charge in [0.1, 0.15) is 18.8 Å². The fourth-order valence-electron chi connectivity index (χ4n) is 2.49. The van der Waals surface area contributed by atoms with Crippen LogP contribution in [0.3, 0.4) is 0 Å². The number of esters is 3. The van der Waals surface area contributed by atoms with E-state index in [2.05, 4.69) is 5.32 Å². The highest BCUT2D eigenvalue weighted by atomic mass is 35.6. The smallest absolute Gasteiger partial charge is 0.303 e. The highest BCUT2D eigenvalue weighted by molar-refractivity contribution is 6.76. The third kappa shape index (κ3) is 7.25. The molecule has 1 aliphatic rings. The van der Waals surface area contributed by atoms with Crippen molar-refractivity contribution >= 4 is 58.6 Å². The van der Waals surface area contributed by atoms with Gasteiger partial charge in [0.2, 0.25) is 0 Å². The number of hydrogen-bond donors (Lipinski definition) is 1. The van der Waals surface area contributed by atoms with Crippen LogP contribution in [-0.2, 0) is 42.9 Å². The molecular formula is C15H20Cl3NO9. The lowest BCUT2D eigenvalue weighted by molar-refractivity contribution is -0.271. The Morgan fingerprint density at radius 1 is 0.964 bits per heavy atom. The number of alkyl halides is 3. The molecule has 1 fully saturated rings. The summed E-state index contributed by atoms with van der Waals surface area (Å²) in [5.74, 6) is -3.15. The molecule has 0 bridgehead atoms. The Kier molecular flexibility index (Phi) is 9.22. The highest BCUT2D eigenvalue weighted by Gasteiger charge is 2.52. The molecule has 1 amide bonds. The van der Waals surface area contributed by atoms with E-state index in [1.165, 1.54) is 14.0 Å². The molecule has 28 heavy (non-hydrogen) atoms. The van der Waals surface area contributed by atoms with Gasteiger partial charge in [-0.05, 0) is 0 Å². The summed E-state index contributed by atoms with van der Waals surface area (Å²) in [4.78, 5) is 46.4. The lowest BCUT2D eigenvalue weighted by Crippen LogP contribution is -2.67. The monoisotopic (exact) mass is 463 g/mol. The fraction of sp³-hybridized carbons (Fsp3) is 0.733. The van der Waals surface area contributed by atoms with E-state index >= 15 is 0 Å². The number of carbonyl (C=O) groups excluding carboxylic acids is 4. The zero-order valence-corrected chi connectivity index (χ0v) is 17.7. The molecular weight excluding hydrogens is 445 g/mol. The second-order valence-corrected chi connectivity index (χ2v) is 8.01. The number of rotatable bonds is 6. The number of amides is 1. The number of hydrogen-bond acceptors (Lipinski definition) is 9. The van der Waals surface area contributed by atoms with E-state index in [1.807, 2.05) is 0 Å². The van der Waals surface area contributed by atoms with Crippen molar-refractivity contribution in [1.29, 1.82) is 0 Å². The van der Waals surface area contributed by atoms with Crippen molar-refractivity contribution in [3.8, 4) is 0 Å². The maximum atomic E-state index is 12.1. The molecule has 13 heteroatoms. The Morgan fingerprint density at radius 2 is 1.50 bits per heavy atom. The van der Waals surface area contributed by atoms with Crippen molar-refractivity contribution in [2.45, 2.75) is 55.2 Å². The topological polar surface area (TPSA) is 126 Å². The van der Waals surface area contributed by atoms with Crippen LogP contribution in [0.1, 0.15) is 20.8 Å². The van der Waals surface area contributed by atoms with Crippen LogP contribution in [-0.4, -0.2) is 72.0 Å². The SMILES string of the molecule is CO[C@@H]1O[C@H](COC(C)=O)[C@H](OC(C)=O)[C@H](OC(C)=O)[C@H]1NC(=O)C(Cl)(Cl)Cl. The molecule has 0 saturated carbocycles. The lowest BCUT2D eigenvalue weighted by Gasteiger charge is -2.44. The maximum absolute atomic E-state index is 12.1. The third-order valence-corrected chi connectivity index (χ3v) is 4.00. The van der Waals surface area contributed by atoms with E-state index in [0.717, 1.165) is 13.8 Å². The third-order valence-electron chi connectivity index (χ3n) is 3.49. The minimum Gasteiger partial charge on any atom is -0.463 e. The van der Waals surface area contributed by atoms with Crippen LogP contribution in [0.2, 0.25) is 0 Å². The Balaban J connectivity index is 3.27. The quantitative estimate of drug-likeness (QED) is 0.342. The number of carbonyl (C=O) groups is 4. The normalized spacial score (nSPS) is 27.5. The highest BCUT2D eigenvalue weighted by Crippen LogP contribution is 2.30. The molecule has 1 heterocycles. The van der Waals surface area contributed by atoms with E-state index in [0.29, 0.717) is 0 Å². The summed E-state index contributed by atoms with van der Waals surface area (Å²) in [7, 11) is 1.25. The maximum Gasteiger partial charge on any atom is 0.303 e. The summed E-state index contributed by atoms with van der Waals surface area (Å²) in [5, 5.41) is 2.34. The molecule has 0 unspecified atom stereocenters. The van der Waals surface area contributed by atoms with Crippen LogP contribution in [0.5, 0.6) is 0 Å². The Hall–Kier alpha value is -1.33. The molecule has 1 rings (SSSR count). The van der Waals surface area contributed by atoms with Gasteiger partial charge in [-0.1, -0.05) is 34.8 Å². The predicted octanol–water partition coefficient (Wildman–Crippen LogP) is 0.639. The number of halogens is 3. The van der Waals surface area contributed by atoms with Gasteiger partial charge in [-0.15, -0.1) is 0 Å². The summed E-state index contributed by atoms with van der Waals surface area (Å²) in [6.07, 6.45) is -4.83. The van der Waals surface area contributed by atoms with Gasteiger partial charge in [-0.3, -0.25) is 19.2 Å². The van der Waals surface area contributed by atoms with Gasteiger partial charge in [-0.25, -0.2) is 0 Å². The molecule has 0 aromatic carbocycles. The molecule has 5 atom stereocenters. The molecule has 0 spiro atoms. The summed E-state index contributed by atoms with van der Waals surface area (Å²) >= 11 is 16.7. The van der Waals surface area contributed by atoms with Crippen LogP contribution < -0.4 is 5.32 Å². The van der Waals surface area contributed by atoms with Crippen molar-refractivity contribution in [3.63, 3.8) is 0 Å². The molecule has 1 saturated heterocycles. The number of nitrogens with one attached hydrogen (secondary N) is 1. The van der Waals surface area contributed by atoms with E-state index < -0.39 is 58.3 Å².